The minimum Gasteiger partial charge on any atom is -0.480 e. The molecule has 0 saturated carbocycles. The Balaban J connectivity index is 2.17. The van der Waals surface area contributed by atoms with Gasteiger partial charge >= 0.3 is 0 Å². The van der Waals surface area contributed by atoms with Crippen molar-refractivity contribution in [3.63, 3.8) is 0 Å². The minimum atomic E-state index is 0.565. The molecular formula is C10H14N2O2S. The van der Waals surface area contributed by atoms with E-state index in [4.69, 9.17) is 9.47 Å². The zero-order valence-corrected chi connectivity index (χ0v) is 9.54. The molecule has 0 N–H and O–H groups in total. The largest absolute Gasteiger partial charge is 0.480 e. The highest BCUT2D eigenvalue weighted by molar-refractivity contribution is 7.80. The van der Waals surface area contributed by atoms with E-state index < -0.39 is 0 Å². The van der Waals surface area contributed by atoms with E-state index in [-0.39, 0.29) is 0 Å². The van der Waals surface area contributed by atoms with Gasteiger partial charge < -0.3 is 14.4 Å². The third-order valence-corrected chi connectivity index (χ3v) is 2.71. The lowest BCUT2D eigenvalue weighted by Gasteiger charge is -2.28. The number of thiol groups is 1. The molecule has 82 valence electrons. The molecule has 0 atom stereocenters. The van der Waals surface area contributed by atoms with Crippen molar-refractivity contribution in [2.75, 3.05) is 38.3 Å². The summed E-state index contributed by atoms with van der Waals surface area (Å²) in [6.45, 7) is 3.35. The van der Waals surface area contributed by atoms with Crippen molar-refractivity contribution in [1.29, 1.82) is 0 Å². The molecule has 0 spiro atoms. The molecule has 1 saturated heterocycles. The Kier molecular flexibility index (Phi) is 3.33. The lowest BCUT2D eigenvalue weighted by atomic mass is 10.3. The Labute approximate surface area is 94.6 Å². The van der Waals surface area contributed by atoms with Crippen LogP contribution in [0.25, 0.3) is 0 Å². The fourth-order valence-electron chi connectivity index (χ4n) is 1.58. The topological polar surface area (TPSA) is 34.6 Å². The number of methoxy groups -OCH3 is 1. The number of hydrogen-bond acceptors (Lipinski definition) is 5. The van der Waals surface area contributed by atoms with E-state index in [9.17, 15) is 0 Å². The van der Waals surface area contributed by atoms with Gasteiger partial charge in [0.05, 0.1) is 37.1 Å². The Hall–Kier alpha value is -0.940. The molecule has 1 aromatic heterocycles. The normalized spacial score (nSPS) is 16.5. The van der Waals surface area contributed by atoms with Crippen LogP contribution in [-0.2, 0) is 4.74 Å². The first kappa shape index (κ1) is 10.6. The standard InChI is InChI=1S/C10H14N2O2S/c1-13-10-9(15)6-8(7-11-10)12-2-4-14-5-3-12/h6-7,15H,2-5H2,1H3. The van der Waals surface area contributed by atoms with Crippen LogP contribution in [0.3, 0.4) is 0 Å². The summed E-state index contributed by atoms with van der Waals surface area (Å²) >= 11 is 4.32. The molecule has 2 rings (SSSR count). The number of pyridine rings is 1. The fraction of sp³-hybridized carbons (Fsp3) is 0.500. The smallest absolute Gasteiger partial charge is 0.226 e. The molecule has 15 heavy (non-hydrogen) atoms. The SMILES string of the molecule is COc1ncc(N2CCOCC2)cc1S. The first-order chi connectivity index (χ1) is 7.31. The van der Waals surface area contributed by atoms with Crippen molar-refractivity contribution in [1.82, 2.24) is 4.98 Å². The van der Waals surface area contributed by atoms with Gasteiger partial charge in [0.1, 0.15) is 0 Å². The van der Waals surface area contributed by atoms with E-state index in [1.54, 1.807) is 7.11 Å². The van der Waals surface area contributed by atoms with E-state index in [0.29, 0.717) is 5.88 Å². The Morgan fingerprint density at radius 3 is 2.80 bits per heavy atom. The molecule has 4 nitrogen and oxygen atoms in total. The molecule has 1 aliphatic heterocycles. The van der Waals surface area contributed by atoms with Crippen molar-refractivity contribution in [2.45, 2.75) is 4.90 Å². The molecule has 0 unspecified atom stereocenters. The van der Waals surface area contributed by atoms with Crippen LogP contribution in [0.5, 0.6) is 5.88 Å². The van der Waals surface area contributed by atoms with Crippen molar-refractivity contribution >= 4 is 18.3 Å². The van der Waals surface area contributed by atoms with Crippen LogP contribution < -0.4 is 9.64 Å². The van der Waals surface area contributed by atoms with Gasteiger partial charge in [-0.05, 0) is 6.07 Å². The monoisotopic (exact) mass is 226 g/mol. The molecule has 1 aliphatic rings. The van der Waals surface area contributed by atoms with Gasteiger partial charge in [-0.25, -0.2) is 4.98 Å². The molecular weight excluding hydrogens is 212 g/mol. The average molecular weight is 226 g/mol. The summed E-state index contributed by atoms with van der Waals surface area (Å²) in [4.78, 5) is 7.19. The molecule has 0 aliphatic carbocycles. The van der Waals surface area contributed by atoms with Crippen LogP contribution in [0.1, 0.15) is 0 Å². The van der Waals surface area contributed by atoms with Gasteiger partial charge in [0.25, 0.3) is 0 Å². The second kappa shape index (κ2) is 4.72. The summed E-state index contributed by atoms with van der Waals surface area (Å²) < 4.78 is 10.3. The molecule has 2 heterocycles. The zero-order valence-electron chi connectivity index (χ0n) is 8.64. The van der Waals surface area contributed by atoms with Gasteiger partial charge in [-0.15, -0.1) is 12.6 Å². The van der Waals surface area contributed by atoms with Crippen molar-refractivity contribution in [2.24, 2.45) is 0 Å². The summed E-state index contributed by atoms with van der Waals surface area (Å²) in [6, 6.07) is 1.97. The van der Waals surface area contributed by atoms with E-state index in [2.05, 4.69) is 22.5 Å². The summed E-state index contributed by atoms with van der Waals surface area (Å²) in [6.07, 6.45) is 1.81. The molecule has 1 aromatic rings. The highest BCUT2D eigenvalue weighted by atomic mass is 32.1. The van der Waals surface area contributed by atoms with Crippen LogP contribution in [0.2, 0.25) is 0 Å². The van der Waals surface area contributed by atoms with Gasteiger partial charge in [-0.2, -0.15) is 0 Å². The van der Waals surface area contributed by atoms with Crippen molar-refractivity contribution in [3.8, 4) is 5.88 Å². The van der Waals surface area contributed by atoms with Gasteiger partial charge in [-0.3, -0.25) is 0 Å². The number of nitrogens with zero attached hydrogens (tertiary/aromatic N) is 2. The number of morpholine rings is 1. The number of anilines is 1. The number of aromatic nitrogens is 1. The maximum atomic E-state index is 5.29. The van der Waals surface area contributed by atoms with Crippen LogP contribution >= 0.6 is 12.6 Å². The van der Waals surface area contributed by atoms with E-state index >= 15 is 0 Å². The van der Waals surface area contributed by atoms with Crippen molar-refractivity contribution in [3.05, 3.63) is 12.3 Å². The Bertz CT molecular complexity index is 340. The van der Waals surface area contributed by atoms with E-state index in [0.717, 1.165) is 36.9 Å². The molecule has 0 bridgehead atoms. The van der Waals surface area contributed by atoms with Crippen LogP contribution in [0.4, 0.5) is 5.69 Å². The van der Waals surface area contributed by atoms with Gasteiger partial charge in [0, 0.05) is 13.1 Å². The highest BCUT2D eigenvalue weighted by Crippen LogP contribution is 2.25. The van der Waals surface area contributed by atoms with Gasteiger partial charge in [0.2, 0.25) is 5.88 Å². The maximum Gasteiger partial charge on any atom is 0.226 e. The quantitative estimate of drug-likeness (QED) is 0.769. The molecule has 0 aromatic carbocycles. The molecule has 1 fully saturated rings. The predicted molar refractivity (Wildman–Crippen MR) is 61.1 cm³/mol. The lowest BCUT2D eigenvalue weighted by Crippen LogP contribution is -2.36. The van der Waals surface area contributed by atoms with E-state index in [1.165, 1.54) is 0 Å². The number of rotatable bonds is 2. The summed E-state index contributed by atoms with van der Waals surface area (Å²) in [5, 5.41) is 0. The van der Waals surface area contributed by atoms with E-state index in [1.807, 2.05) is 12.3 Å². The van der Waals surface area contributed by atoms with Gasteiger partial charge in [-0.1, -0.05) is 0 Å². The second-order valence-electron chi connectivity index (χ2n) is 3.32. The Morgan fingerprint density at radius 2 is 2.20 bits per heavy atom. The predicted octanol–water partition coefficient (Wildman–Crippen LogP) is 1.22. The first-order valence-corrected chi connectivity index (χ1v) is 5.31. The van der Waals surface area contributed by atoms with Crippen molar-refractivity contribution < 1.29 is 9.47 Å². The molecule has 0 radical (unpaired) electrons. The first-order valence-electron chi connectivity index (χ1n) is 4.87. The average Bonchev–Trinajstić information content (AvgIpc) is 2.30. The Morgan fingerprint density at radius 1 is 1.47 bits per heavy atom. The summed E-state index contributed by atoms with van der Waals surface area (Å²) in [5.74, 6) is 0.565. The molecule has 5 heteroatoms. The summed E-state index contributed by atoms with van der Waals surface area (Å²) in [7, 11) is 1.59. The fourth-order valence-corrected chi connectivity index (χ4v) is 1.86. The highest BCUT2D eigenvalue weighted by Gasteiger charge is 2.12. The number of hydrogen-bond donors (Lipinski definition) is 1. The van der Waals surface area contributed by atoms with Crippen LogP contribution in [0, 0.1) is 0 Å². The third kappa shape index (κ3) is 2.35. The number of ether oxygens (including phenoxy) is 2. The summed E-state index contributed by atoms with van der Waals surface area (Å²) in [5.41, 5.74) is 1.07. The minimum absolute atomic E-state index is 0.565. The third-order valence-electron chi connectivity index (χ3n) is 2.39. The van der Waals surface area contributed by atoms with Gasteiger partial charge in [0.15, 0.2) is 0 Å². The van der Waals surface area contributed by atoms with Crippen LogP contribution in [0.15, 0.2) is 17.2 Å². The lowest BCUT2D eigenvalue weighted by molar-refractivity contribution is 0.122. The van der Waals surface area contributed by atoms with Crippen LogP contribution in [-0.4, -0.2) is 38.4 Å². The zero-order chi connectivity index (χ0) is 10.7. The maximum absolute atomic E-state index is 5.29. The molecule has 0 amide bonds. The second-order valence-corrected chi connectivity index (χ2v) is 3.80.